The predicted octanol–water partition coefficient (Wildman–Crippen LogP) is 3.34. The normalized spacial score (nSPS) is 10.3. The first-order valence-corrected chi connectivity index (χ1v) is 5.54. The van der Waals surface area contributed by atoms with Crippen LogP contribution in [0, 0.1) is 6.92 Å². The highest BCUT2D eigenvalue weighted by Gasteiger charge is 2.11. The van der Waals surface area contributed by atoms with Crippen molar-refractivity contribution in [3.05, 3.63) is 51.5 Å². The first kappa shape index (κ1) is 10.3. The van der Waals surface area contributed by atoms with Gasteiger partial charge in [0.05, 0.1) is 4.88 Å². The molecule has 15 heavy (non-hydrogen) atoms. The lowest BCUT2D eigenvalue weighted by Crippen LogP contribution is -1.98. The third kappa shape index (κ3) is 2.25. The second kappa shape index (κ2) is 4.13. The van der Waals surface area contributed by atoms with E-state index in [2.05, 4.69) is 4.37 Å². The number of hydrogen-bond donors (Lipinski definition) is 0. The Morgan fingerprint density at radius 2 is 2.20 bits per heavy atom. The van der Waals surface area contributed by atoms with Crippen molar-refractivity contribution in [3.8, 4) is 0 Å². The molecular formula is C11H8ClNOS. The molecule has 0 atom stereocenters. The highest BCUT2D eigenvalue weighted by atomic mass is 35.5. The quantitative estimate of drug-likeness (QED) is 0.750. The Morgan fingerprint density at radius 1 is 1.40 bits per heavy atom. The molecule has 0 aliphatic carbocycles. The standard InChI is InChI=1S/C11H8ClNOS/c1-7-4-8(6-9(12)5-7)11(14)10-2-3-13-15-10/h2-6H,1H3. The minimum atomic E-state index is -0.0249. The van der Waals surface area contributed by atoms with Crippen LogP contribution in [-0.2, 0) is 0 Å². The summed E-state index contributed by atoms with van der Waals surface area (Å²) < 4.78 is 3.90. The molecule has 1 heterocycles. The zero-order valence-electron chi connectivity index (χ0n) is 8.03. The number of aryl methyl sites for hydroxylation is 1. The topological polar surface area (TPSA) is 30.0 Å². The van der Waals surface area contributed by atoms with Crippen LogP contribution in [0.5, 0.6) is 0 Å². The Bertz CT molecular complexity index is 473. The smallest absolute Gasteiger partial charge is 0.204 e. The fraction of sp³-hybridized carbons (Fsp3) is 0.0909. The lowest BCUT2D eigenvalue weighted by molar-refractivity contribution is 0.104. The van der Waals surface area contributed by atoms with E-state index in [1.54, 1.807) is 18.3 Å². The number of carbonyl (C=O) groups is 1. The minimum absolute atomic E-state index is 0.0249. The van der Waals surface area contributed by atoms with Gasteiger partial charge in [-0.1, -0.05) is 11.6 Å². The van der Waals surface area contributed by atoms with E-state index >= 15 is 0 Å². The fourth-order valence-corrected chi connectivity index (χ4v) is 2.19. The van der Waals surface area contributed by atoms with Crippen LogP contribution < -0.4 is 0 Å². The van der Waals surface area contributed by atoms with Crippen molar-refractivity contribution in [2.24, 2.45) is 0 Å². The van der Waals surface area contributed by atoms with E-state index in [1.807, 2.05) is 19.1 Å². The van der Waals surface area contributed by atoms with Crippen molar-refractivity contribution in [1.82, 2.24) is 4.37 Å². The molecule has 2 aromatic rings. The van der Waals surface area contributed by atoms with Gasteiger partial charge in [0.15, 0.2) is 0 Å². The summed E-state index contributed by atoms with van der Waals surface area (Å²) in [6.07, 6.45) is 1.62. The van der Waals surface area contributed by atoms with E-state index in [0.717, 1.165) is 5.56 Å². The summed E-state index contributed by atoms with van der Waals surface area (Å²) in [5.74, 6) is -0.0249. The molecule has 0 saturated carbocycles. The SMILES string of the molecule is Cc1cc(Cl)cc(C(=O)c2ccns2)c1. The van der Waals surface area contributed by atoms with Crippen LogP contribution in [0.25, 0.3) is 0 Å². The molecule has 4 heteroatoms. The summed E-state index contributed by atoms with van der Waals surface area (Å²) in [4.78, 5) is 12.6. The number of nitrogens with zero attached hydrogens (tertiary/aromatic N) is 1. The van der Waals surface area contributed by atoms with Crippen LogP contribution in [0.15, 0.2) is 30.5 Å². The zero-order valence-corrected chi connectivity index (χ0v) is 9.60. The number of hydrogen-bond acceptors (Lipinski definition) is 3. The summed E-state index contributed by atoms with van der Waals surface area (Å²) in [6, 6.07) is 7.04. The summed E-state index contributed by atoms with van der Waals surface area (Å²) in [6.45, 7) is 1.91. The Morgan fingerprint density at radius 3 is 2.80 bits per heavy atom. The second-order valence-corrected chi connectivity index (χ2v) is 4.49. The van der Waals surface area contributed by atoms with E-state index < -0.39 is 0 Å². The van der Waals surface area contributed by atoms with Crippen molar-refractivity contribution in [1.29, 1.82) is 0 Å². The van der Waals surface area contributed by atoms with Crippen molar-refractivity contribution in [2.75, 3.05) is 0 Å². The van der Waals surface area contributed by atoms with E-state index in [-0.39, 0.29) is 5.78 Å². The number of ketones is 1. The van der Waals surface area contributed by atoms with E-state index in [1.165, 1.54) is 11.5 Å². The van der Waals surface area contributed by atoms with Crippen LogP contribution in [0.1, 0.15) is 20.8 Å². The lowest BCUT2D eigenvalue weighted by Gasteiger charge is -2.00. The van der Waals surface area contributed by atoms with Gasteiger partial charge in [-0.05, 0) is 48.3 Å². The van der Waals surface area contributed by atoms with Gasteiger partial charge in [-0.25, -0.2) is 4.37 Å². The largest absolute Gasteiger partial charge is 0.288 e. The molecule has 0 bridgehead atoms. The predicted molar refractivity (Wildman–Crippen MR) is 61.7 cm³/mol. The monoisotopic (exact) mass is 237 g/mol. The average Bonchev–Trinajstić information content (AvgIpc) is 2.67. The van der Waals surface area contributed by atoms with Crippen molar-refractivity contribution < 1.29 is 4.79 Å². The number of benzene rings is 1. The molecule has 0 fully saturated rings. The number of rotatable bonds is 2. The average molecular weight is 238 g/mol. The Labute approximate surface area is 96.7 Å². The molecule has 0 aliphatic heterocycles. The fourth-order valence-electron chi connectivity index (χ4n) is 1.34. The molecular weight excluding hydrogens is 230 g/mol. The van der Waals surface area contributed by atoms with Crippen molar-refractivity contribution >= 4 is 28.9 Å². The van der Waals surface area contributed by atoms with Gasteiger partial charge in [0.1, 0.15) is 0 Å². The van der Waals surface area contributed by atoms with E-state index in [9.17, 15) is 4.79 Å². The number of carbonyl (C=O) groups excluding carboxylic acids is 1. The van der Waals surface area contributed by atoms with Crippen LogP contribution in [0.2, 0.25) is 5.02 Å². The molecule has 0 saturated heterocycles. The van der Waals surface area contributed by atoms with Crippen LogP contribution >= 0.6 is 23.1 Å². The van der Waals surface area contributed by atoms with Gasteiger partial charge in [-0.3, -0.25) is 4.79 Å². The van der Waals surface area contributed by atoms with Gasteiger partial charge in [0.2, 0.25) is 5.78 Å². The summed E-state index contributed by atoms with van der Waals surface area (Å²) in [5.41, 5.74) is 1.60. The van der Waals surface area contributed by atoms with Gasteiger partial charge in [0, 0.05) is 16.8 Å². The van der Waals surface area contributed by atoms with Gasteiger partial charge < -0.3 is 0 Å². The highest BCUT2D eigenvalue weighted by molar-refractivity contribution is 7.08. The summed E-state index contributed by atoms with van der Waals surface area (Å²) >= 11 is 7.09. The maximum Gasteiger partial charge on any atom is 0.204 e. The molecule has 0 aliphatic rings. The van der Waals surface area contributed by atoms with E-state index in [4.69, 9.17) is 11.6 Å². The number of halogens is 1. The zero-order chi connectivity index (χ0) is 10.8. The molecule has 2 nitrogen and oxygen atoms in total. The molecule has 0 unspecified atom stereocenters. The second-order valence-electron chi connectivity index (χ2n) is 3.22. The molecule has 0 radical (unpaired) electrons. The van der Waals surface area contributed by atoms with Crippen LogP contribution in [0.3, 0.4) is 0 Å². The van der Waals surface area contributed by atoms with Crippen LogP contribution in [-0.4, -0.2) is 10.2 Å². The molecule has 0 spiro atoms. The third-order valence-electron chi connectivity index (χ3n) is 1.97. The molecule has 0 amide bonds. The van der Waals surface area contributed by atoms with Gasteiger partial charge in [-0.2, -0.15) is 0 Å². The maximum atomic E-state index is 11.9. The molecule has 1 aromatic carbocycles. The van der Waals surface area contributed by atoms with Crippen LogP contribution in [0.4, 0.5) is 0 Å². The molecule has 1 aromatic heterocycles. The highest BCUT2D eigenvalue weighted by Crippen LogP contribution is 2.18. The summed E-state index contributed by atoms with van der Waals surface area (Å²) in [7, 11) is 0. The third-order valence-corrected chi connectivity index (χ3v) is 2.93. The molecule has 2 rings (SSSR count). The lowest BCUT2D eigenvalue weighted by atomic mass is 10.1. The van der Waals surface area contributed by atoms with E-state index in [0.29, 0.717) is 15.5 Å². The van der Waals surface area contributed by atoms with Crippen molar-refractivity contribution in [2.45, 2.75) is 6.92 Å². The first-order chi connectivity index (χ1) is 7.16. The first-order valence-electron chi connectivity index (χ1n) is 4.39. The summed E-state index contributed by atoms with van der Waals surface area (Å²) in [5, 5.41) is 0.586. The van der Waals surface area contributed by atoms with Gasteiger partial charge >= 0.3 is 0 Å². The van der Waals surface area contributed by atoms with Gasteiger partial charge in [-0.15, -0.1) is 0 Å². The Balaban J connectivity index is 2.42. The Kier molecular flexibility index (Phi) is 2.84. The Hall–Kier alpha value is -1.19. The molecule has 76 valence electrons. The number of aromatic nitrogens is 1. The van der Waals surface area contributed by atoms with Crippen molar-refractivity contribution in [3.63, 3.8) is 0 Å². The maximum absolute atomic E-state index is 11.9. The minimum Gasteiger partial charge on any atom is -0.288 e. The van der Waals surface area contributed by atoms with Gasteiger partial charge in [0.25, 0.3) is 0 Å². The molecule has 0 N–H and O–H groups in total.